The van der Waals surface area contributed by atoms with Gasteiger partial charge < -0.3 is 20.7 Å². The lowest BCUT2D eigenvalue weighted by atomic mass is 9.67. The summed E-state index contributed by atoms with van der Waals surface area (Å²) in [5.74, 6) is 1.63. The Hall–Kier alpha value is -1.79. The minimum Gasteiger partial charge on any atom is -0.479 e. The van der Waals surface area contributed by atoms with Crippen molar-refractivity contribution < 1.29 is 14.3 Å². The molecule has 0 aromatic heterocycles. The van der Waals surface area contributed by atoms with Gasteiger partial charge in [-0.05, 0) is 56.6 Å². The van der Waals surface area contributed by atoms with E-state index in [1.807, 2.05) is 24.3 Å². The summed E-state index contributed by atoms with van der Waals surface area (Å²) >= 11 is 0. The minimum absolute atomic E-state index is 0. The molecule has 2 fully saturated rings. The molecule has 28 heavy (non-hydrogen) atoms. The number of ether oxygens (including phenoxy) is 1. The third-order valence-corrected chi connectivity index (χ3v) is 6.34. The summed E-state index contributed by atoms with van der Waals surface area (Å²) in [5.41, 5.74) is 6.92. The SMILES string of the molecule is CC1Oc2ccccc2N(CCC(=O)NC2C3CCCC2CC(N)C3)C1=O.Cl. The first-order chi connectivity index (χ1) is 13.0. The predicted octanol–water partition coefficient (Wildman–Crippen LogP) is 2.63. The first kappa shape index (κ1) is 20.9. The first-order valence-corrected chi connectivity index (χ1v) is 10.1. The Balaban J connectivity index is 0.00000225. The zero-order valence-corrected chi connectivity index (χ0v) is 17.1. The van der Waals surface area contributed by atoms with Crippen LogP contribution in [0.4, 0.5) is 5.69 Å². The Kier molecular flexibility index (Phi) is 6.50. The number of hydrogen-bond donors (Lipinski definition) is 2. The quantitative estimate of drug-likeness (QED) is 0.803. The molecule has 6 nitrogen and oxygen atoms in total. The van der Waals surface area contributed by atoms with Crippen molar-refractivity contribution >= 4 is 29.9 Å². The molecule has 2 saturated carbocycles. The number of carbonyl (C=O) groups excluding carboxylic acids is 2. The van der Waals surface area contributed by atoms with E-state index < -0.39 is 6.10 Å². The van der Waals surface area contributed by atoms with Crippen LogP contribution in [0.25, 0.3) is 0 Å². The number of amides is 2. The molecule has 0 saturated heterocycles. The second-order valence-corrected chi connectivity index (χ2v) is 8.24. The summed E-state index contributed by atoms with van der Waals surface area (Å²) in [6.07, 6.45) is 5.34. The molecule has 154 valence electrons. The fraction of sp³-hybridized carbons (Fsp3) is 0.619. The highest BCUT2D eigenvalue weighted by Crippen LogP contribution is 2.39. The van der Waals surface area contributed by atoms with Crippen molar-refractivity contribution in [3.63, 3.8) is 0 Å². The maximum absolute atomic E-state index is 12.7. The van der Waals surface area contributed by atoms with Crippen LogP contribution in [0.3, 0.4) is 0 Å². The van der Waals surface area contributed by atoms with Gasteiger partial charge in [0.1, 0.15) is 5.75 Å². The van der Waals surface area contributed by atoms with Crippen molar-refractivity contribution in [1.29, 1.82) is 0 Å². The third kappa shape index (κ3) is 4.13. The fourth-order valence-electron chi connectivity index (χ4n) is 5.09. The van der Waals surface area contributed by atoms with Crippen molar-refractivity contribution in [2.75, 3.05) is 11.4 Å². The molecule has 3 N–H and O–H groups in total. The number of carbonyl (C=O) groups is 2. The number of nitrogens with two attached hydrogens (primary N) is 1. The van der Waals surface area contributed by atoms with Crippen LogP contribution in [0.15, 0.2) is 24.3 Å². The Morgan fingerprint density at radius 3 is 2.64 bits per heavy atom. The van der Waals surface area contributed by atoms with Crippen molar-refractivity contribution in [2.24, 2.45) is 17.6 Å². The van der Waals surface area contributed by atoms with E-state index in [0.29, 0.717) is 30.6 Å². The van der Waals surface area contributed by atoms with Gasteiger partial charge in [0.2, 0.25) is 5.91 Å². The number of halogens is 1. The molecule has 3 atom stereocenters. The molecule has 0 radical (unpaired) electrons. The van der Waals surface area contributed by atoms with E-state index in [0.717, 1.165) is 31.4 Å². The van der Waals surface area contributed by atoms with Crippen molar-refractivity contribution in [1.82, 2.24) is 5.32 Å². The smallest absolute Gasteiger partial charge is 0.267 e. The van der Waals surface area contributed by atoms with Gasteiger partial charge in [-0.2, -0.15) is 0 Å². The van der Waals surface area contributed by atoms with Gasteiger partial charge >= 0.3 is 0 Å². The summed E-state index contributed by atoms with van der Waals surface area (Å²) in [6.45, 7) is 2.12. The predicted molar refractivity (Wildman–Crippen MR) is 111 cm³/mol. The number of nitrogens with one attached hydrogen (secondary N) is 1. The third-order valence-electron chi connectivity index (χ3n) is 6.34. The molecule has 1 aromatic rings. The Morgan fingerprint density at radius 2 is 1.93 bits per heavy atom. The van der Waals surface area contributed by atoms with E-state index >= 15 is 0 Å². The molecule has 7 heteroatoms. The highest BCUT2D eigenvalue weighted by Gasteiger charge is 2.40. The van der Waals surface area contributed by atoms with Crippen LogP contribution in [0, 0.1) is 11.8 Å². The monoisotopic (exact) mass is 407 g/mol. The summed E-state index contributed by atoms with van der Waals surface area (Å²) < 4.78 is 5.66. The largest absolute Gasteiger partial charge is 0.479 e. The number of rotatable bonds is 4. The standard InChI is InChI=1S/C21H29N3O3.ClH/c1-13-21(26)24(17-7-2-3-8-18(17)27-13)10-9-19(25)23-20-14-5-4-6-15(20)12-16(22)11-14;/h2-3,7-8,13-16,20H,4-6,9-12,22H2,1H3,(H,23,25);1H. The van der Waals surface area contributed by atoms with Gasteiger partial charge in [-0.1, -0.05) is 18.6 Å². The fourth-order valence-corrected chi connectivity index (χ4v) is 5.09. The molecule has 4 rings (SSSR count). The van der Waals surface area contributed by atoms with Crippen molar-refractivity contribution in [3.05, 3.63) is 24.3 Å². The number of para-hydroxylation sites is 2. The van der Waals surface area contributed by atoms with Gasteiger partial charge in [-0.15, -0.1) is 12.4 Å². The second-order valence-electron chi connectivity index (χ2n) is 8.24. The van der Waals surface area contributed by atoms with Crippen LogP contribution < -0.4 is 20.7 Å². The highest BCUT2D eigenvalue weighted by molar-refractivity contribution is 6.00. The molecule has 3 unspecified atom stereocenters. The van der Waals surface area contributed by atoms with E-state index in [1.54, 1.807) is 11.8 Å². The average Bonchev–Trinajstić information content (AvgIpc) is 2.63. The summed E-state index contributed by atoms with van der Waals surface area (Å²) in [7, 11) is 0. The van der Waals surface area contributed by atoms with Crippen molar-refractivity contribution in [2.45, 2.75) is 63.6 Å². The van der Waals surface area contributed by atoms with Gasteiger partial charge in [0, 0.05) is 25.0 Å². The molecule has 0 spiro atoms. The lowest BCUT2D eigenvalue weighted by Gasteiger charge is -2.45. The van der Waals surface area contributed by atoms with Gasteiger partial charge in [-0.3, -0.25) is 9.59 Å². The maximum atomic E-state index is 12.7. The molecule has 1 heterocycles. The molecular weight excluding hydrogens is 378 g/mol. The molecule has 1 aromatic carbocycles. The second kappa shape index (κ2) is 8.70. The number of fused-ring (bicyclic) bond motifs is 3. The summed E-state index contributed by atoms with van der Waals surface area (Å²) in [5, 5.41) is 3.27. The van der Waals surface area contributed by atoms with Crippen LogP contribution in [0.1, 0.15) is 45.4 Å². The lowest BCUT2D eigenvalue weighted by Crippen LogP contribution is -2.54. The van der Waals surface area contributed by atoms with Crippen LogP contribution in [-0.2, 0) is 9.59 Å². The zero-order chi connectivity index (χ0) is 19.0. The number of nitrogens with zero attached hydrogens (tertiary/aromatic N) is 1. The van der Waals surface area contributed by atoms with E-state index in [-0.39, 0.29) is 36.3 Å². The number of anilines is 1. The van der Waals surface area contributed by atoms with Crippen molar-refractivity contribution in [3.8, 4) is 5.75 Å². The zero-order valence-electron chi connectivity index (χ0n) is 16.3. The first-order valence-electron chi connectivity index (χ1n) is 10.1. The summed E-state index contributed by atoms with van der Waals surface area (Å²) in [6, 6.07) is 8.01. The molecule has 1 aliphatic heterocycles. The number of benzene rings is 1. The Bertz CT molecular complexity index is 715. The van der Waals surface area contributed by atoms with E-state index in [2.05, 4.69) is 5.32 Å². The van der Waals surface area contributed by atoms with E-state index in [9.17, 15) is 9.59 Å². The minimum atomic E-state index is -0.526. The van der Waals surface area contributed by atoms with Crippen LogP contribution in [0.2, 0.25) is 0 Å². The lowest BCUT2D eigenvalue weighted by molar-refractivity contribution is -0.126. The van der Waals surface area contributed by atoms with Crippen LogP contribution in [-0.4, -0.2) is 36.5 Å². The molecular formula is C21H30ClN3O3. The van der Waals surface area contributed by atoms with E-state index in [1.165, 1.54) is 6.42 Å². The van der Waals surface area contributed by atoms with Gasteiger partial charge in [0.15, 0.2) is 6.10 Å². The Labute approximate surface area is 172 Å². The van der Waals surface area contributed by atoms with Crippen LogP contribution in [0.5, 0.6) is 5.75 Å². The Morgan fingerprint density at radius 1 is 1.25 bits per heavy atom. The highest BCUT2D eigenvalue weighted by atomic mass is 35.5. The van der Waals surface area contributed by atoms with E-state index in [4.69, 9.17) is 10.5 Å². The van der Waals surface area contributed by atoms with Gasteiger partial charge in [0.25, 0.3) is 5.91 Å². The average molecular weight is 408 g/mol. The van der Waals surface area contributed by atoms with Gasteiger partial charge in [-0.25, -0.2) is 0 Å². The topological polar surface area (TPSA) is 84.7 Å². The maximum Gasteiger partial charge on any atom is 0.267 e. The molecule has 2 bridgehead atoms. The molecule has 3 aliphatic rings. The molecule has 2 aliphatic carbocycles. The normalized spacial score (nSPS) is 31.3. The number of hydrogen-bond acceptors (Lipinski definition) is 4. The summed E-state index contributed by atoms with van der Waals surface area (Å²) in [4.78, 5) is 26.9. The molecule has 2 amide bonds. The van der Waals surface area contributed by atoms with Crippen LogP contribution >= 0.6 is 12.4 Å². The van der Waals surface area contributed by atoms with Gasteiger partial charge in [0.05, 0.1) is 5.69 Å².